The monoisotopic (exact) mass is 1050 g/mol. The molecule has 0 amide bonds. The van der Waals surface area contributed by atoms with E-state index in [1.165, 1.54) is 98.2 Å². The van der Waals surface area contributed by atoms with Gasteiger partial charge < -0.3 is 14.6 Å². The number of aryl methyl sites for hydroxylation is 1. The molecule has 11 aromatic carbocycles. The van der Waals surface area contributed by atoms with Crippen LogP contribution in [0.3, 0.4) is 0 Å². The topological polar surface area (TPSA) is 9.72 Å². The maximum absolute atomic E-state index is 2.68. The Morgan fingerprint density at radius 1 is 0.375 bits per heavy atom. The molecule has 0 N–H and O–H groups in total. The Morgan fingerprint density at radius 3 is 1.59 bits per heavy atom. The Hall–Kier alpha value is -8.90. The van der Waals surface area contributed by atoms with Crippen molar-refractivity contribution >= 4 is 94.8 Å². The first-order chi connectivity index (χ1) is 38.8. The van der Waals surface area contributed by atoms with Crippen molar-refractivity contribution in [2.24, 2.45) is 0 Å². The van der Waals surface area contributed by atoms with Gasteiger partial charge in [0.2, 0.25) is 0 Å². The molecule has 0 fully saturated rings. The van der Waals surface area contributed by atoms with Crippen LogP contribution in [0.5, 0.6) is 0 Å². The predicted octanol–water partition coefficient (Wildman–Crippen LogP) is 20.1. The standard InChI is InChI=1S/C75H62BN3S/c1-49-41-65-63-48-72-64(61-31-17-18-32-71(61)80-72)47-68(63)79(57-36-33-55(34-37-57)74(2,3)4)76-66-39-38-60(46-69(66)78(70(42-49)73(65)76)67-40-35-56(75(5,6)7)45-62(67)52-25-15-10-16-26-52)77(58-29-19-27-53(43-58)50-21-11-8-12-22-50)59-30-20-28-54(44-59)51-23-13-9-14-24-51/h8-48H,1-7H3. The van der Waals surface area contributed by atoms with E-state index in [1.807, 2.05) is 11.3 Å². The predicted molar refractivity (Wildman–Crippen MR) is 346 cm³/mol. The van der Waals surface area contributed by atoms with E-state index in [9.17, 15) is 0 Å². The zero-order chi connectivity index (χ0) is 54.4. The first-order valence-corrected chi connectivity index (χ1v) is 28.9. The highest BCUT2D eigenvalue weighted by Crippen LogP contribution is 2.52. The first kappa shape index (κ1) is 49.4. The fourth-order valence-corrected chi connectivity index (χ4v) is 13.6. The van der Waals surface area contributed by atoms with E-state index < -0.39 is 0 Å². The van der Waals surface area contributed by atoms with E-state index >= 15 is 0 Å². The summed E-state index contributed by atoms with van der Waals surface area (Å²) < 4.78 is 2.61. The van der Waals surface area contributed by atoms with Crippen LogP contribution < -0.4 is 25.5 Å². The summed E-state index contributed by atoms with van der Waals surface area (Å²) in [5, 5.41) is 2.59. The van der Waals surface area contributed by atoms with Gasteiger partial charge in [-0.15, -0.1) is 11.3 Å². The largest absolute Gasteiger partial charge is 0.376 e. The normalized spacial score (nSPS) is 12.9. The number of hydrogen-bond acceptors (Lipinski definition) is 4. The summed E-state index contributed by atoms with van der Waals surface area (Å²) in [6.45, 7) is 16.0. The van der Waals surface area contributed by atoms with Crippen LogP contribution in [0.4, 0.5) is 45.5 Å². The Morgan fingerprint density at radius 2 is 0.950 bits per heavy atom. The molecule has 0 unspecified atom stereocenters. The number of nitrogens with zero attached hydrogens (tertiary/aromatic N) is 3. The van der Waals surface area contributed by atoms with Gasteiger partial charge in [0.15, 0.2) is 0 Å². The van der Waals surface area contributed by atoms with E-state index in [-0.39, 0.29) is 17.7 Å². The van der Waals surface area contributed by atoms with Crippen LogP contribution in [0.2, 0.25) is 0 Å². The van der Waals surface area contributed by atoms with Crippen molar-refractivity contribution in [1.29, 1.82) is 0 Å². The number of fused-ring (bicyclic) bond motifs is 7. The molecule has 0 saturated carbocycles. The van der Waals surface area contributed by atoms with Crippen molar-refractivity contribution in [2.45, 2.75) is 59.3 Å². The molecule has 2 aliphatic rings. The Labute approximate surface area is 475 Å². The smallest absolute Gasteiger partial charge is 0.333 e. The lowest BCUT2D eigenvalue weighted by atomic mass is 9.43. The number of anilines is 8. The summed E-state index contributed by atoms with van der Waals surface area (Å²) in [7, 11) is 0. The van der Waals surface area contributed by atoms with Crippen LogP contribution in [-0.2, 0) is 10.8 Å². The van der Waals surface area contributed by atoms with Gasteiger partial charge >= 0.3 is 6.85 Å². The summed E-state index contributed by atoms with van der Waals surface area (Å²) in [5.41, 5.74) is 25.0. The molecule has 3 heterocycles. The molecule has 386 valence electrons. The van der Waals surface area contributed by atoms with Gasteiger partial charge in [-0.25, -0.2) is 0 Å². The summed E-state index contributed by atoms with van der Waals surface area (Å²) in [4.78, 5) is 7.77. The molecule has 14 rings (SSSR count). The zero-order valence-corrected chi connectivity index (χ0v) is 47.3. The average Bonchev–Trinajstić information content (AvgIpc) is 2.18. The lowest BCUT2D eigenvalue weighted by Crippen LogP contribution is -2.61. The number of rotatable bonds is 8. The maximum atomic E-state index is 2.68. The van der Waals surface area contributed by atoms with Crippen molar-refractivity contribution in [3.05, 3.63) is 265 Å². The minimum atomic E-state index is -0.179. The molecule has 1 aromatic heterocycles. The van der Waals surface area contributed by atoms with Gasteiger partial charge in [-0.2, -0.15) is 0 Å². The van der Waals surface area contributed by atoms with Gasteiger partial charge in [-0.05, 0) is 164 Å². The summed E-state index contributed by atoms with van der Waals surface area (Å²) in [6, 6.07) is 93.5. The number of benzene rings is 11. The molecule has 3 nitrogen and oxygen atoms in total. The Balaban J connectivity index is 1.08. The molecule has 12 aromatic rings. The minimum absolute atomic E-state index is 0.00215. The molecule has 0 spiro atoms. The molecule has 2 aliphatic heterocycles. The summed E-state index contributed by atoms with van der Waals surface area (Å²) in [6.07, 6.45) is 0. The van der Waals surface area contributed by atoms with Crippen LogP contribution in [0.25, 0.3) is 64.7 Å². The highest BCUT2D eigenvalue weighted by molar-refractivity contribution is 7.25. The SMILES string of the molecule is Cc1cc2c3c(c1)N(c1ccc(C(C)(C)C)cc1-c1ccccc1)c1cc(N(c4cccc(-c5ccccc5)c4)c4cccc(-c5ccccc5)c4)ccc1B3N(c1ccc(C(C)(C)C)cc1)c1cc3c(cc1-2)sc1ccccc13. The molecule has 0 atom stereocenters. The van der Waals surface area contributed by atoms with Gasteiger partial charge in [0, 0.05) is 71.1 Å². The van der Waals surface area contributed by atoms with Gasteiger partial charge in [-0.3, -0.25) is 0 Å². The third kappa shape index (κ3) is 8.51. The molecule has 0 radical (unpaired) electrons. The van der Waals surface area contributed by atoms with Crippen molar-refractivity contribution in [1.82, 2.24) is 0 Å². The quantitative estimate of drug-likeness (QED) is 0.140. The van der Waals surface area contributed by atoms with E-state index in [1.54, 1.807) is 0 Å². The second-order valence-electron chi connectivity index (χ2n) is 23.9. The minimum Gasteiger partial charge on any atom is -0.376 e. The number of hydrogen-bond donors (Lipinski definition) is 0. The molecule has 0 aliphatic carbocycles. The van der Waals surface area contributed by atoms with Gasteiger partial charge in [-0.1, -0.05) is 205 Å². The van der Waals surface area contributed by atoms with Gasteiger partial charge in [0.1, 0.15) is 0 Å². The maximum Gasteiger partial charge on any atom is 0.333 e. The van der Waals surface area contributed by atoms with Crippen molar-refractivity contribution in [3.8, 4) is 44.5 Å². The van der Waals surface area contributed by atoms with Crippen molar-refractivity contribution < 1.29 is 0 Å². The van der Waals surface area contributed by atoms with E-state index in [0.29, 0.717) is 0 Å². The average molecular weight is 1050 g/mol. The van der Waals surface area contributed by atoms with Crippen molar-refractivity contribution in [3.63, 3.8) is 0 Å². The highest BCUT2D eigenvalue weighted by atomic mass is 32.1. The first-order valence-electron chi connectivity index (χ1n) is 28.1. The lowest BCUT2D eigenvalue weighted by Gasteiger charge is -2.46. The second-order valence-corrected chi connectivity index (χ2v) is 25.0. The van der Waals surface area contributed by atoms with Crippen molar-refractivity contribution in [2.75, 3.05) is 14.6 Å². The van der Waals surface area contributed by atoms with Crippen LogP contribution in [0.1, 0.15) is 58.2 Å². The highest BCUT2D eigenvalue weighted by Gasteiger charge is 2.46. The summed E-state index contributed by atoms with van der Waals surface area (Å²) in [5.74, 6) is 0. The molecular weight excluding hydrogens is 986 g/mol. The second kappa shape index (κ2) is 19.2. The third-order valence-electron chi connectivity index (χ3n) is 16.6. The molecular formula is C75H62BN3S. The molecule has 0 bridgehead atoms. The van der Waals surface area contributed by atoms with Gasteiger partial charge in [0.05, 0.1) is 5.69 Å². The zero-order valence-electron chi connectivity index (χ0n) is 46.5. The fraction of sp³-hybridized carbons (Fsp3) is 0.120. The summed E-state index contributed by atoms with van der Waals surface area (Å²) >= 11 is 1.89. The van der Waals surface area contributed by atoms with E-state index in [4.69, 9.17) is 0 Å². The molecule has 5 heteroatoms. The Bertz CT molecular complexity index is 4260. The van der Waals surface area contributed by atoms with Crippen LogP contribution in [0.15, 0.2) is 249 Å². The Kier molecular flexibility index (Phi) is 11.8. The van der Waals surface area contributed by atoms with Crippen LogP contribution >= 0.6 is 11.3 Å². The van der Waals surface area contributed by atoms with E-state index in [0.717, 1.165) is 39.6 Å². The third-order valence-corrected chi connectivity index (χ3v) is 17.7. The van der Waals surface area contributed by atoms with Crippen LogP contribution in [-0.4, -0.2) is 6.85 Å². The number of thiophene rings is 1. The molecule has 80 heavy (non-hydrogen) atoms. The molecule has 0 saturated heterocycles. The lowest BCUT2D eigenvalue weighted by molar-refractivity contribution is 0.590. The van der Waals surface area contributed by atoms with E-state index in [2.05, 4.69) is 312 Å². The fourth-order valence-electron chi connectivity index (χ4n) is 12.5. The van der Waals surface area contributed by atoms with Gasteiger partial charge in [0.25, 0.3) is 0 Å². The van der Waals surface area contributed by atoms with Crippen LogP contribution in [0, 0.1) is 6.92 Å².